The number of hydrogen-bond acceptors (Lipinski definition) is 2. The van der Waals surface area contributed by atoms with Crippen LogP contribution in [0.4, 0.5) is 37.7 Å². The van der Waals surface area contributed by atoms with Gasteiger partial charge in [-0.05, 0) is 84.6 Å². The number of rotatable bonds is 17. The Kier molecular flexibility index (Phi) is 14.0. The quantitative estimate of drug-likeness (QED) is 0.0669. The number of halogens is 6. The molecular formula is C58H56F6N2O2+2. The van der Waals surface area contributed by atoms with E-state index in [1.54, 1.807) is 0 Å². The second kappa shape index (κ2) is 19.9. The smallest absolute Gasteiger partial charge is 0.416 e. The van der Waals surface area contributed by atoms with Crippen LogP contribution in [0.5, 0.6) is 11.5 Å². The van der Waals surface area contributed by atoms with Crippen LogP contribution in [0.1, 0.15) is 61.1 Å². The Morgan fingerprint density at radius 1 is 0.382 bits per heavy atom. The van der Waals surface area contributed by atoms with Crippen LogP contribution in [0.3, 0.4) is 0 Å². The van der Waals surface area contributed by atoms with Crippen LogP contribution in [0.2, 0.25) is 0 Å². The highest BCUT2D eigenvalue weighted by Gasteiger charge is 2.39. The van der Waals surface area contributed by atoms with E-state index in [0.717, 1.165) is 79.4 Å². The molecule has 0 spiro atoms. The number of ether oxygens (including phenoxy) is 2. The first-order chi connectivity index (χ1) is 32.7. The van der Waals surface area contributed by atoms with Crippen molar-refractivity contribution in [2.24, 2.45) is 0 Å². The van der Waals surface area contributed by atoms with E-state index >= 15 is 0 Å². The van der Waals surface area contributed by atoms with Crippen LogP contribution in [0.25, 0.3) is 32.7 Å². The third-order valence-corrected chi connectivity index (χ3v) is 13.6. The van der Waals surface area contributed by atoms with Gasteiger partial charge in [-0.25, -0.2) is 0 Å². The molecule has 0 saturated carbocycles. The van der Waals surface area contributed by atoms with E-state index in [1.165, 1.54) is 24.3 Å². The number of nitrogens with zero attached hydrogens (tertiary/aromatic N) is 2. The van der Waals surface area contributed by atoms with E-state index in [4.69, 9.17) is 9.47 Å². The highest BCUT2D eigenvalue weighted by Crippen LogP contribution is 2.55. The minimum Gasteiger partial charge on any atom is -0.482 e. The maximum atomic E-state index is 13.8. The average Bonchev–Trinajstić information content (AvgIpc) is 3.35. The molecule has 350 valence electrons. The van der Waals surface area contributed by atoms with Gasteiger partial charge in [0.2, 0.25) is 0 Å². The number of fused-ring (bicyclic) bond motifs is 2. The molecule has 0 radical (unpaired) electrons. The van der Waals surface area contributed by atoms with Gasteiger partial charge in [-0.2, -0.15) is 26.3 Å². The van der Waals surface area contributed by atoms with Crippen molar-refractivity contribution < 1.29 is 35.8 Å². The lowest BCUT2D eigenvalue weighted by molar-refractivity contribution is -0.138. The van der Waals surface area contributed by atoms with Gasteiger partial charge >= 0.3 is 12.4 Å². The minimum atomic E-state index is -4.50. The molecule has 8 aromatic carbocycles. The summed E-state index contributed by atoms with van der Waals surface area (Å²) >= 11 is 0. The van der Waals surface area contributed by atoms with E-state index < -0.39 is 23.5 Å². The number of alkyl halides is 6. The summed E-state index contributed by atoms with van der Waals surface area (Å²) < 4.78 is 98.2. The molecule has 0 aliphatic carbocycles. The van der Waals surface area contributed by atoms with Crippen LogP contribution in [-0.2, 0) is 38.7 Å². The van der Waals surface area contributed by atoms with Gasteiger partial charge in [0.05, 0.1) is 37.3 Å². The van der Waals surface area contributed by atoms with Gasteiger partial charge in [-0.1, -0.05) is 133 Å². The first-order valence-corrected chi connectivity index (χ1v) is 23.2. The maximum absolute atomic E-state index is 13.8. The Balaban J connectivity index is 1.47. The molecule has 0 N–H and O–H groups in total. The van der Waals surface area contributed by atoms with Crippen LogP contribution in [0, 0.1) is 0 Å². The standard InChI is InChI=1S/C58H56F6N2O2/c1-5-65(6-2,37-41-19-11-9-12-20-41)51-35-45-23-15-17-25-49(45)53(55(51)67-39-43-27-31-47(32-28-43)57(59,60)61)54-50-26-18-16-24-46(50)36-52(66(7-3,8-4)38-42-21-13-10-14-22-42)56(54)68-40-44-29-33-48(34-30-44)58(62,63)64/h9-36H,5-8,37-40H2,1-4H3/q+2. The molecule has 4 nitrogen and oxygen atoms in total. The summed E-state index contributed by atoms with van der Waals surface area (Å²) in [5.41, 5.74) is 5.20. The Morgan fingerprint density at radius 3 is 1.03 bits per heavy atom. The normalized spacial score (nSPS) is 12.4. The molecule has 0 atom stereocenters. The van der Waals surface area contributed by atoms with Crippen molar-refractivity contribution in [3.63, 3.8) is 0 Å². The maximum Gasteiger partial charge on any atom is 0.416 e. The van der Waals surface area contributed by atoms with Crippen molar-refractivity contribution in [2.45, 2.75) is 66.4 Å². The average molecular weight is 927 g/mol. The molecule has 0 bridgehead atoms. The molecule has 0 aromatic heterocycles. The fourth-order valence-corrected chi connectivity index (χ4v) is 9.62. The first-order valence-electron chi connectivity index (χ1n) is 23.2. The molecule has 8 rings (SSSR count). The molecule has 68 heavy (non-hydrogen) atoms. The molecule has 0 saturated heterocycles. The van der Waals surface area contributed by atoms with Gasteiger partial charge < -0.3 is 9.47 Å². The van der Waals surface area contributed by atoms with Crippen LogP contribution >= 0.6 is 0 Å². The lowest BCUT2D eigenvalue weighted by atomic mass is 9.89. The topological polar surface area (TPSA) is 18.5 Å². The Bertz CT molecular complexity index is 2760. The van der Waals surface area contributed by atoms with E-state index in [2.05, 4.69) is 88.4 Å². The fourth-order valence-electron chi connectivity index (χ4n) is 9.62. The third kappa shape index (κ3) is 9.84. The largest absolute Gasteiger partial charge is 0.482 e. The van der Waals surface area contributed by atoms with Gasteiger partial charge in [-0.3, -0.25) is 8.97 Å². The molecule has 0 amide bonds. The molecular weight excluding hydrogens is 871 g/mol. The molecule has 0 unspecified atom stereocenters. The van der Waals surface area contributed by atoms with Crippen molar-refractivity contribution in [1.29, 1.82) is 0 Å². The highest BCUT2D eigenvalue weighted by molar-refractivity contribution is 6.13. The van der Waals surface area contributed by atoms with Crippen molar-refractivity contribution >= 4 is 32.9 Å². The lowest BCUT2D eigenvalue weighted by Gasteiger charge is -2.39. The third-order valence-electron chi connectivity index (χ3n) is 13.6. The first kappa shape index (κ1) is 47.9. The van der Waals surface area contributed by atoms with E-state index in [9.17, 15) is 26.3 Å². The molecule has 10 heteroatoms. The molecule has 8 aromatic rings. The summed E-state index contributed by atoms with van der Waals surface area (Å²) in [6.45, 7) is 12.6. The Hall–Kier alpha value is -6.62. The molecule has 0 aliphatic heterocycles. The summed E-state index contributed by atoms with van der Waals surface area (Å²) in [5, 5.41) is 3.66. The SMILES string of the molecule is CC[N+](CC)(Cc1ccccc1)c1cc2ccccc2c(-c2c(OCc3ccc(C(F)(F)F)cc3)c([N+](CC)(CC)Cc3ccccc3)cc3ccccc23)c1OCc1ccc(C(F)(F)F)cc1. The number of quaternary nitrogens is 2. The van der Waals surface area contributed by atoms with Crippen molar-refractivity contribution in [2.75, 3.05) is 26.2 Å². The van der Waals surface area contributed by atoms with Crippen LogP contribution < -0.4 is 18.4 Å². The second-order valence-corrected chi connectivity index (χ2v) is 17.5. The predicted molar refractivity (Wildman–Crippen MR) is 264 cm³/mol. The summed E-state index contributed by atoms with van der Waals surface area (Å²) in [5.74, 6) is 1.14. The zero-order chi connectivity index (χ0) is 48.1. The number of benzene rings is 8. The predicted octanol–water partition coefficient (Wildman–Crippen LogP) is 16.0. The van der Waals surface area contributed by atoms with E-state index in [-0.39, 0.29) is 13.2 Å². The number of hydrogen-bond donors (Lipinski definition) is 0. The monoisotopic (exact) mass is 926 g/mol. The van der Waals surface area contributed by atoms with Gasteiger partial charge in [0, 0.05) is 34.4 Å². The van der Waals surface area contributed by atoms with Gasteiger partial charge in [0.1, 0.15) is 26.3 Å². The lowest BCUT2D eigenvalue weighted by Crippen LogP contribution is -2.48. The van der Waals surface area contributed by atoms with Crippen molar-refractivity contribution in [3.8, 4) is 22.6 Å². The van der Waals surface area contributed by atoms with Crippen molar-refractivity contribution in [1.82, 2.24) is 8.97 Å². The molecule has 0 fully saturated rings. The minimum absolute atomic E-state index is 0.0352. The van der Waals surface area contributed by atoms with E-state index in [0.29, 0.717) is 70.9 Å². The Labute approximate surface area is 394 Å². The zero-order valence-corrected chi connectivity index (χ0v) is 38.8. The van der Waals surface area contributed by atoms with Crippen molar-refractivity contribution in [3.05, 3.63) is 203 Å². The highest BCUT2D eigenvalue weighted by atomic mass is 19.4. The van der Waals surface area contributed by atoms with Crippen LogP contribution in [-0.4, -0.2) is 26.2 Å². The second-order valence-electron chi connectivity index (χ2n) is 17.5. The summed E-state index contributed by atoms with van der Waals surface area (Å²) in [7, 11) is 0. The summed E-state index contributed by atoms with van der Waals surface area (Å²) in [6.07, 6.45) is -8.99. The summed E-state index contributed by atoms with van der Waals surface area (Å²) in [4.78, 5) is 0. The molecule has 0 aliphatic rings. The fraction of sp³-hybridized carbons (Fsp3) is 0.241. The van der Waals surface area contributed by atoms with Gasteiger partial charge in [0.25, 0.3) is 0 Å². The molecule has 0 heterocycles. The zero-order valence-electron chi connectivity index (χ0n) is 38.8. The van der Waals surface area contributed by atoms with Gasteiger partial charge in [-0.15, -0.1) is 0 Å². The van der Waals surface area contributed by atoms with Crippen LogP contribution in [0.15, 0.2) is 170 Å². The Morgan fingerprint density at radius 2 is 0.706 bits per heavy atom. The summed E-state index contributed by atoms with van der Waals surface area (Å²) in [6, 6.07) is 51.4. The van der Waals surface area contributed by atoms with Gasteiger partial charge in [0.15, 0.2) is 22.9 Å². The van der Waals surface area contributed by atoms with E-state index in [1.807, 2.05) is 60.7 Å².